The molecule has 0 saturated heterocycles. The SMILES string of the molecule is Cc1nc(-c2ccc(-c3ccccc3)o2)n[nH]1. The third-order valence-corrected chi connectivity index (χ3v) is 2.48. The molecule has 0 spiro atoms. The number of nitrogens with one attached hydrogen (secondary N) is 1. The van der Waals surface area contributed by atoms with E-state index in [4.69, 9.17) is 4.42 Å². The molecule has 0 bridgehead atoms. The van der Waals surface area contributed by atoms with E-state index >= 15 is 0 Å². The summed E-state index contributed by atoms with van der Waals surface area (Å²) >= 11 is 0. The maximum Gasteiger partial charge on any atom is 0.216 e. The van der Waals surface area contributed by atoms with Crippen LogP contribution < -0.4 is 0 Å². The Labute approximate surface area is 98.3 Å². The minimum atomic E-state index is 0.588. The maximum absolute atomic E-state index is 5.72. The Morgan fingerprint density at radius 3 is 2.47 bits per heavy atom. The molecule has 0 saturated carbocycles. The number of aryl methyl sites for hydroxylation is 1. The molecule has 0 fully saturated rings. The summed E-state index contributed by atoms with van der Waals surface area (Å²) < 4.78 is 5.72. The zero-order valence-electron chi connectivity index (χ0n) is 9.34. The summed E-state index contributed by atoms with van der Waals surface area (Å²) in [5.41, 5.74) is 1.05. The van der Waals surface area contributed by atoms with Crippen molar-refractivity contribution in [3.8, 4) is 22.9 Å². The summed E-state index contributed by atoms with van der Waals surface area (Å²) in [6.07, 6.45) is 0. The standard InChI is InChI=1S/C13H11N3O/c1-9-14-13(16-15-9)12-8-7-11(17-12)10-5-3-2-4-6-10/h2-8H,1H3,(H,14,15,16). The predicted octanol–water partition coefficient (Wildman–Crippen LogP) is 3.04. The molecule has 84 valence electrons. The lowest BCUT2D eigenvalue weighted by Crippen LogP contribution is -1.76. The van der Waals surface area contributed by atoms with Gasteiger partial charge >= 0.3 is 0 Å². The van der Waals surface area contributed by atoms with E-state index in [0.717, 1.165) is 17.1 Å². The molecular weight excluding hydrogens is 214 g/mol. The third-order valence-electron chi connectivity index (χ3n) is 2.48. The monoisotopic (exact) mass is 225 g/mol. The van der Waals surface area contributed by atoms with Crippen LogP contribution in [0.4, 0.5) is 0 Å². The first kappa shape index (κ1) is 9.84. The third kappa shape index (κ3) is 1.85. The van der Waals surface area contributed by atoms with Crippen LogP contribution in [0.15, 0.2) is 46.9 Å². The zero-order valence-corrected chi connectivity index (χ0v) is 9.34. The Kier molecular flexibility index (Phi) is 2.26. The number of hydrogen-bond donors (Lipinski definition) is 1. The van der Waals surface area contributed by atoms with Crippen LogP contribution >= 0.6 is 0 Å². The molecule has 0 radical (unpaired) electrons. The Morgan fingerprint density at radius 2 is 1.76 bits per heavy atom. The van der Waals surface area contributed by atoms with Gasteiger partial charge in [-0.2, -0.15) is 5.10 Å². The van der Waals surface area contributed by atoms with Gasteiger partial charge in [0.05, 0.1) is 0 Å². The Hall–Kier alpha value is -2.36. The topological polar surface area (TPSA) is 54.7 Å². The highest BCUT2D eigenvalue weighted by atomic mass is 16.3. The zero-order chi connectivity index (χ0) is 11.7. The molecule has 1 N–H and O–H groups in total. The minimum Gasteiger partial charge on any atom is -0.453 e. The number of benzene rings is 1. The molecule has 1 aromatic carbocycles. The highest BCUT2D eigenvalue weighted by Gasteiger charge is 2.09. The van der Waals surface area contributed by atoms with E-state index in [2.05, 4.69) is 15.2 Å². The van der Waals surface area contributed by atoms with Gasteiger partial charge in [-0.05, 0) is 19.1 Å². The lowest BCUT2D eigenvalue weighted by atomic mass is 10.2. The average molecular weight is 225 g/mol. The Bertz CT molecular complexity index is 625. The van der Waals surface area contributed by atoms with Crippen LogP contribution in [0.5, 0.6) is 0 Å². The van der Waals surface area contributed by atoms with E-state index in [1.165, 1.54) is 0 Å². The molecule has 0 aliphatic carbocycles. The molecule has 2 heterocycles. The van der Waals surface area contributed by atoms with E-state index in [9.17, 15) is 0 Å². The van der Waals surface area contributed by atoms with Crippen molar-refractivity contribution in [3.05, 3.63) is 48.3 Å². The van der Waals surface area contributed by atoms with Crippen molar-refractivity contribution in [2.24, 2.45) is 0 Å². The van der Waals surface area contributed by atoms with Crippen LogP contribution in [0.3, 0.4) is 0 Å². The molecule has 2 aromatic heterocycles. The van der Waals surface area contributed by atoms with Gasteiger partial charge in [0.1, 0.15) is 11.6 Å². The number of aromatic amines is 1. The number of nitrogens with zero attached hydrogens (tertiary/aromatic N) is 2. The van der Waals surface area contributed by atoms with Gasteiger partial charge in [-0.3, -0.25) is 5.10 Å². The van der Waals surface area contributed by atoms with Crippen molar-refractivity contribution in [1.29, 1.82) is 0 Å². The Balaban J connectivity index is 1.99. The predicted molar refractivity (Wildman–Crippen MR) is 64.3 cm³/mol. The van der Waals surface area contributed by atoms with Crippen LogP contribution in [0.25, 0.3) is 22.9 Å². The lowest BCUT2D eigenvalue weighted by Gasteiger charge is -1.94. The van der Waals surface area contributed by atoms with E-state index < -0.39 is 0 Å². The molecule has 0 unspecified atom stereocenters. The molecule has 3 aromatic rings. The first-order chi connectivity index (χ1) is 8.33. The molecule has 0 aliphatic rings. The highest BCUT2D eigenvalue weighted by Crippen LogP contribution is 2.26. The van der Waals surface area contributed by atoms with Crippen molar-refractivity contribution in [2.75, 3.05) is 0 Å². The van der Waals surface area contributed by atoms with Crippen LogP contribution in [-0.4, -0.2) is 15.2 Å². The van der Waals surface area contributed by atoms with Gasteiger partial charge in [-0.15, -0.1) is 0 Å². The fraction of sp³-hybridized carbons (Fsp3) is 0.0769. The van der Waals surface area contributed by atoms with Gasteiger partial charge in [0.25, 0.3) is 0 Å². The van der Waals surface area contributed by atoms with Gasteiger partial charge in [-0.1, -0.05) is 30.3 Å². The molecule has 3 rings (SSSR count). The molecular formula is C13H11N3O. The number of furan rings is 1. The van der Waals surface area contributed by atoms with Gasteiger partial charge < -0.3 is 4.42 Å². The summed E-state index contributed by atoms with van der Waals surface area (Å²) in [5.74, 6) is 2.86. The number of hydrogen-bond acceptors (Lipinski definition) is 3. The average Bonchev–Trinajstić information content (AvgIpc) is 2.98. The molecule has 17 heavy (non-hydrogen) atoms. The summed E-state index contributed by atoms with van der Waals surface area (Å²) in [6.45, 7) is 1.86. The second-order valence-electron chi connectivity index (χ2n) is 3.77. The first-order valence-electron chi connectivity index (χ1n) is 5.37. The van der Waals surface area contributed by atoms with Gasteiger partial charge in [0, 0.05) is 5.56 Å². The summed E-state index contributed by atoms with van der Waals surface area (Å²) in [4.78, 5) is 4.23. The van der Waals surface area contributed by atoms with E-state index in [1.807, 2.05) is 49.4 Å². The summed E-state index contributed by atoms with van der Waals surface area (Å²) in [6, 6.07) is 13.8. The van der Waals surface area contributed by atoms with Gasteiger partial charge in [0.2, 0.25) is 5.82 Å². The van der Waals surface area contributed by atoms with Crippen LogP contribution in [0, 0.1) is 6.92 Å². The number of rotatable bonds is 2. The minimum absolute atomic E-state index is 0.588. The number of H-pyrrole nitrogens is 1. The molecule has 0 amide bonds. The molecule has 4 nitrogen and oxygen atoms in total. The lowest BCUT2D eigenvalue weighted by molar-refractivity contribution is 0.592. The van der Waals surface area contributed by atoms with E-state index in [0.29, 0.717) is 11.6 Å². The Morgan fingerprint density at radius 1 is 1.00 bits per heavy atom. The van der Waals surface area contributed by atoms with Crippen LogP contribution in [0.2, 0.25) is 0 Å². The van der Waals surface area contributed by atoms with Crippen molar-refractivity contribution < 1.29 is 4.42 Å². The van der Waals surface area contributed by atoms with Gasteiger partial charge in [0.15, 0.2) is 5.76 Å². The second-order valence-corrected chi connectivity index (χ2v) is 3.77. The highest BCUT2D eigenvalue weighted by molar-refractivity contribution is 5.61. The smallest absolute Gasteiger partial charge is 0.216 e. The van der Waals surface area contributed by atoms with Crippen molar-refractivity contribution in [1.82, 2.24) is 15.2 Å². The second kappa shape index (κ2) is 3.90. The van der Waals surface area contributed by atoms with Crippen molar-refractivity contribution >= 4 is 0 Å². The normalized spacial score (nSPS) is 10.6. The first-order valence-corrected chi connectivity index (χ1v) is 5.37. The molecule has 4 heteroatoms. The van der Waals surface area contributed by atoms with Crippen LogP contribution in [-0.2, 0) is 0 Å². The van der Waals surface area contributed by atoms with Crippen molar-refractivity contribution in [3.63, 3.8) is 0 Å². The number of aromatic nitrogens is 3. The fourth-order valence-electron chi connectivity index (χ4n) is 1.67. The summed E-state index contributed by atoms with van der Waals surface area (Å²) in [7, 11) is 0. The van der Waals surface area contributed by atoms with E-state index in [-0.39, 0.29) is 0 Å². The molecule has 0 aliphatic heterocycles. The van der Waals surface area contributed by atoms with Crippen molar-refractivity contribution in [2.45, 2.75) is 6.92 Å². The van der Waals surface area contributed by atoms with Crippen LogP contribution in [0.1, 0.15) is 5.82 Å². The molecule has 0 atom stereocenters. The maximum atomic E-state index is 5.72. The largest absolute Gasteiger partial charge is 0.453 e. The summed E-state index contributed by atoms with van der Waals surface area (Å²) in [5, 5.41) is 6.86. The van der Waals surface area contributed by atoms with E-state index in [1.54, 1.807) is 0 Å². The van der Waals surface area contributed by atoms with Gasteiger partial charge in [-0.25, -0.2) is 4.98 Å². The quantitative estimate of drug-likeness (QED) is 0.729. The fourth-order valence-corrected chi connectivity index (χ4v) is 1.67.